The first kappa shape index (κ1) is 15.8. The van der Waals surface area contributed by atoms with Crippen molar-refractivity contribution in [1.82, 2.24) is 0 Å². The Morgan fingerprint density at radius 2 is 1.50 bits per heavy atom. The summed E-state index contributed by atoms with van der Waals surface area (Å²) in [7, 11) is 5.27. The lowest BCUT2D eigenvalue weighted by Gasteiger charge is -2.13. The van der Waals surface area contributed by atoms with Crippen molar-refractivity contribution in [1.29, 1.82) is 0 Å². The molecule has 2 aromatic carbocycles. The van der Waals surface area contributed by atoms with Gasteiger partial charge in [-0.2, -0.15) is 0 Å². The van der Waals surface area contributed by atoms with Crippen LogP contribution in [0.2, 0.25) is 0 Å². The Labute approximate surface area is 130 Å². The van der Waals surface area contributed by atoms with Gasteiger partial charge >= 0.3 is 5.97 Å². The lowest BCUT2D eigenvalue weighted by atomic mass is 9.98. The molecule has 0 aromatic heterocycles. The fourth-order valence-electron chi connectivity index (χ4n) is 2.19. The summed E-state index contributed by atoms with van der Waals surface area (Å²) in [5.41, 5.74) is 3.72. The molecule has 114 valence electrons. The van der Waals surface area contributed by atoms with Crippen LogP contribution in [0.25, 0.3) is 11.1 Å². The van der Waals surface area contributed by atoms with Gasteiger partial charge in [0.05, 0.1) is 12.7 Å². The van der Waals surface area contributed by atoms with E-state index in [-0.39, 0.29) is 5.78 Å². The van der Waals surface area contributed by atoms with E-state index in [1.54, 1.807) is 18.2 Å². The minimum absolute atomic E-state index is 0.0862. The SMILES string of the molecule is COC(=O)c1cc(C(C)=O)cc(-c2ccc(N(C)C)cc2)c1. The van der Waals surface area contributed by atoms with Gasteiger partial charge in [-0.1, -0.05) is 12.1 Å². The molecule has 0 bridgehead atoms. The molecule has 0 N–H and O–H groups in total. The summed E-state index contributed by atoms with van der Waals surface area (Å²) in [4.78, 5) is 25.5. The van der Waals surface area contributed by atoms with Crippen molar-refractivity contribution < 1.29 is 14.3 Å². The lowest BCUT2D eigenvalue weighted by molar-refractivity contribution is 0.0601. The molecule has 2 rings (SSSR count). The summed E-state index contributed by atoms with van der Waals surface area (Å²) in [5, 5.41) is 0. The summed E-state index contributed by atoms with van der Waals surface area (Å²) in [6.07, 6.45) is 0. The van der Waals surface area contributed by atoms with Crippen molar-refractivity contribution in [3.63, 3.8) is 0 Å². The van der Waals surface area contributed by atoms with Crippen LogP contribution >= 0.6 is 0 Å². The molecule has 0 aliphatic carbocycles. The van der Waals surface area contributed by atoms with Crippen LogP contribution in [0.1, 0.15) is 27.6 Å². The van der Waals surface area contributed by atoms with E-state index in [0.29, 0.717) is 11.1 Å². The van der Waals surface area contributed by atoms with Gasteiger partial charge in [0.15, 0.2) is 5.78 Å². The molecule has 0 heterocycles. The number of rotatable bonds is 4. The number of ether oxygens (including phenoxy) is 1. The van der Waals surface area contributed by atoms with Crippen molar-refractivity contribution in [2.75, 3.05) is 26.1 Å². The summed E-state index contributed by atoms with van der Waals surface area (Å²) >= 11 is 0. The molecule has 4 nitrogen and oxygen atoms in total. The van der Waals surface area contributed by atoms with Crippen LogP contribution in [0.15, 0.2) is 42.5 Å². The van der Waals surface area contributed by atoms with Gasteiger partial charge in [0.1, 0.15) is 0 Å². The van der Waals surface area contributed by atoms with E-state index in [1.165, 1.54) is 14.0 Å². The van der Waals surface area contributed by atoms with E-state index in [0.717, 1.165) is 16.8 Å². The number of benzene rings is 2. The molecule has 0 saturated carbocycles. The molecule has 22 heavy (non-hydrogen) atoms. The third-order valence-corrected chi connectivity index (χ3v) is 3.48. The number of anilines is 1. The van der Waals surface area contributed by atoms with Crippen molar-refractivity contribution in [3.8, 4) is 11.1 Å². The van der Waals surface area contributed by atoms with Gasteiger partial charge in [-0.15, -0.1) is 0 Å². The maximum Gasteiger partial charge on any atom is 0.337 e. The number of carbonyl (C=O) groups is 2. The molecule has 0 amide bonds. The fraction of sp³-hybridized carbons (Fsp3) is 0.222. The third-order valence-electron chi connectivity index (χ3n) is 3.48. The minimum Gasteiger partial charge on any atom is -0.465 e. The van der Waals surface area contributed by atoms with Crippen molar-refractivity contribution >= 4 is 17.4 Å². The number of hydrogen-bond donors (Lipinski definition) is 0. The topological polar surface area (TPSA) is 46.6 Å². The van der Waals surface area contributed by atoms with E-state index < -0.39 is 5.97 Å². The van der Waals surface area contributed by atoms with Crippen LogP contribution < -0.4 is 4.90 Å². The average molecular weight is 297 g/mol. The second-order valence-electron chi connectivity index (χ2n) is 5.29. The van der Waals surface area contributed by atoms with E-state index in [9.17, 15) is 9.59 Å². The van der Waals surface area contributed by atoms with Crippen LogP contribution in [0.5, 0.6) is 0 Å². The number of hydrogen-bond acceptors (Lipinski definition) is 4. The van der Waals surface area contributed by atoms with E-state index in [4.69, 9.17) is 4.74 Å². The zero-order chi connectivity index (χ0) is 16.3. The van der Waals surface area contributed by atoms with Gasteiger partial charge in [-0.3, -0.25) is 4.79 Å². The Hall–Kier alpha value is -2.62. The molecular weight excluding hydrogens is 278 g/mol. The molecule has 0 atom stereocenters. The number of nitrogens with zero attached hydrogens (tertiary/aromatic N) is 1. The van der Waals surface area contributed by atoms with Crippen LogP contribution in [0.3, 0.4) is 0 Å². The molecule has 2 aromatic rings. The molecule has 0 saturated heterocycles. The highest BCUT2D eigenvalue weighted by molar-refractivity contribution is 5.99. The number of methoxy groups -OCH3 is 1. The first-order valence-electron chi connectivity index (χ1n) is 6.94. The number of carbonyl (C=O) groups excluding carboxylic acids is 2. The number of esters is 1. The predicted octanol–water partition coefficient (Wildman–Crippen LogP) is 3.41. The summed E-state index contributed by atoms with van der Waals surface area (Å²) in [6, 6.07) is 13.0. The second-order valence-corrected chi connectivity index (χ2v) is 5.29. The average Bonchev–Trinajstić information content (AvgIpc) is 2.53. The molecule has 0 aliphatic heterocycles. The highest BCUT2D eigenvalue weighted by atomic mass is 16.5. The largest absolute Gasteiger partial charge is 0.465 e. The zero-order valence-electron chi connectivity index (χ0n) is 13.2. The van der Waals surface area contributed by atoms with Gasteiger partial charge in [-0.05, 0) is 48.4 Å². The monoisotopic (exact) mass is 297 g/mol. The standard InChI is InChI=1S/C18H19NO3/c1-12(20)14-9-15(11-16(10-14)18(21)22-4)13-5-7-17(8-6-13)19(2)3/h5-11H,1-4H3. The zero-order valence-corrected chi connectivity index (χ0v) is 13.2. The Bertz CT molecular complexity index is 703. The Morgan fingerprint density at radius 3 is 2.00 bits per heavy atom. The highest BCUT2D eigenvalue weighted by Crippen LogP contribution is 2.25. The molecule has 0 spiro atoms. The Kier molecular flexibility index (Phi) is 4.61. The quantitative estimate of drug-likeness (QED) is 0.641. The van der Waals surface area contributed by atoms with Gasteiger partial charge in [0, 0.05) is 25.3 Å². The summed E-state index contributed by atoms with van der Waals surface area (Å²) < 4.78 is 4.76. The summed E-state index contributed by atoms with van der Waals surface area (Å²) in [6.45, 7) is 1.48. The molecule has 0 aliphatic rings. The van der Waals surface area contributed by atoms with E-state index in [1.807, 2.05) is 43.3 Å². The van der Waals surface area contributed by atoms with Crippen molar-refractivity contribution in [2.45, 2.75) is 6.92 Å². The predicted molar refractivity (Wildman–Crippen MR) is 87.5 cm³/mol. The smallest absolute Gasteiger partial charge is 0.337 e. The fourth-order valence-corrected chi connectivity index (χ4v) is 2.19. The Balaban J connectivity index is 2.51. The van der Waals surface area contributed by atoms with E-state index >= 15 is 0 Å². The highest BCUT2D eigenvalue weighted by Gasteiger charge is 2.12. The molecule has 0 fully saturated rings. The molecule has 0 radical (unpaired) electrons. The van der Waals surface area contributed by atoms with Gasteiger partial charge < -0.3 is 9.64 Å². The van der Waals surface area contributed by atoms with E-state index in [2.05, 4.69) is 0 Å². The lowest BCUT2D eigenvalue weighted by Crippen LogP contribution is -2.08. The number of Topliss-reactive ketones (excluding diaryl/α,β-unsaturated/α-hetero) is 1. The second kappa shape index (κ2) is 6.43. The van der Waals surface area contributed by atoms with Crippen LogP contribution in [-0.4, -0.2) is 33.0 Å². The Morgan fingerprint density at radius 1 is 0.909 bits per heavy atom. The van der Waals surface area contributed by atoms with Gasteiger partial charge in [0.25, 0.3) is 0 Å². The molecule has 0 unspecified atom stereocenters. The van der Waals surface area contributed by atoms with Crippen molar-refractivity contribution in [3.05, 3.63) is 53.6 Å². The normalized spacial score (nSPS) is 10.2. The maximum atomic E-state index is 11.8. The minimum atomic E-state index is -0.450. The van der Waals surface area contributed by atoms with Gasteiger partial charge in [0.2, 0.25) is 0 Å². The molecule has 4 heteroatoms. The van der Waals surface area contributed by atoms with Crippen molar-refractivity contribution in [2.24, 2.45) is 0 Å². The van der Waals surface area contributed by atoms with Gasteiger partial charge in [-0.25, -0.2) is 4.79 Å². The van der Waals surface area contributed by atoms with Crippen LogP contribution in [-0.2, 0) is 4.74 Å². The maximum absolute atomic E-state index is 11.8. The molecular formula is C18H19NO3. The third kappa shape index (κ3) is 3.34. The van der Waals surface area contributed by atoms with Crippen LogP contribution in [0.4, 0.5) is 5.69 Å². The number of ketones is 1. The first-order valence-corrected chi connectivity index (χ1v) is 6.94. The first-order chi connectivity index (χ1) is 10.4. The van der Waals surface area contributed by atoms with Crippen LogP contribution in [0, 0.1) is 0 Å². The summed E-state index contributed by atoms with van der Waals surface area (Å²) in [5.74, 6) is -0.536.